The average Bonchev–Trinajstić information content (AvgIpc) is 2.52. The number of hydrogen-bond acceptors (Lipinski definition) is 3. The number of halogens is 3. The highest BCUT2D eigenvalue weighted by molar-refractivity contribution is 5.96. The zero-order valence-corrected chi connectivity index (χ0v) is 12.3. The minimum absolute atomic E-state index is 0.113. The number of carbonyl (C=O) groups is 2. The summed E-state index contributed by atoms with van der Waals surface area (Å²) in [5.74, 6) is -2.91. The number of nitrogens with zero attached hydrogens (tertiary/aromatic N) is 1. The number of morpholine rings is 1. The molecule has 8 heteroatoms. The number of carboxylic acid groups (broad SMARTS) is 1. The predicted octanol–water partition coefficient (Wildman–Crippen LogP) is 2.33. The van der Waals surface area contributed by atoms with Gasteiger partial charge in [-0.15, -0.1) is 0 Å². The molecule has 2 unspecified atom stereocenters. The number of alkyl halides is 3. The summed E-state index contributed by atoms with van der Waals surface area (Å²) in [6.45, 7) is 1.87. The zero-order chi connectivity index (χ0) is 17.2. The number of carbonyl (C=O) groups excluding carboxylic acids is 1. The van der Waals surface area contributed by atoms with Crippen LogP contribution in [0.15, 0.2) is 24.3 Å². The van der Waals surface area contributed by atoms with E-state index in [0.29, 0.717) is 5.56 Å². The van der Waals surface area contributed by atoms with Gasteiger partial charge in [-0.2, -0.15) is 13.2 Å². The van der Waals surface area contributed by atoms with Gasteiger partial charge in [-0.1, -0.05) is 12.1 Å². The van der Waals surface area contributed by atoms with Crippen LogP contribution in [0.5, 0.6) is 0 Å². The Bertz CT molecular complexity index is 585. The van der Waals surface area contributed by atoms with Gasteiger partial charge in [-0.25, -0.2) is 0 Å². The first-order valence-corrected chi connectivity index (χ1v) is 7.00. The second-order valence-electron chi connectivity index (χ2n) is 5.32. The van der Waals surface area contributed by atoms with Crippen molar-refractivity contribution < 1.29 is 32.6 Å². The maximum atomic E-state index is 12.6. The molecule has 1 amide bonds. The lowest BCUT2D eigenvalue weighted by Crippen LogP contribution is -2.45. The van der Waals surface area contributed by atoms with E-state index in [1.165, 1.54) is 24.0 Å². The third-order valence-electron chi connectivity index (χ3n) is 3.73. The van der Waals surface area contributed by atoms with Crippen molar-refractivity contribution in [3.05, 3.63) is 35.4 Å². The van der Waals surface area contributed by atoms with E-state index in [2.05, 4.69) is 0 Å². The summed E-state index contributed by atoms with van der Waals surface area (Å²) in [6, 6.07) is 4.53. The quantitative estimate of drug-likeness (QED) is 0.863. The normalized spacial score (nSPS) is 20.2. The van der Waals surface area contributed by atoms with Crippen LogP contribution in [0.3, 0.4) is 0 Å². The van der Waals surface area contributed by atoms with Gasteiger partial charge in [0, 0.05) is 6.54 Å². The molecule has 5 nitrogen and oxygen atoms in total. The second kappa shape index (κ2) is 6.57. The summed E-state index contributed by atoms with van der Waals surface area (Å²) in [5.41, 5.74) is -0.247. The van der Waals surface area contributed by atoms with Gasteiger partial charge in [-0.05, 0) is 24.6 Å². The molecule has 1 aromatic rings. The number of rotatable bonds is 3. The first kappa shape index (κ1) is 17.3. The summed E-state index contributed by atoms with van der Waals surface area (Å²) in [4.78, 5) is 24.3. The minimum atomic E-state index is -4.41. The van der Waals surface area contributed by atoms with E-state index in [0.717, 1.165) is 12.1 Å². The van der Waals surface area contributed by atoms with Crippen molar-refractivity contribution >= 4 is 11.9 Å². The van der Waals surface area contributed by atoms with Crippen molar-refractivity contribution in [3.63, 3.8) is 0 Å². The molecule has 1 N–H and O–H groups in total. The molecule has 0 spiro atoms. The van der Waals surface area contributed by atoms with Gasteiger partial charge in [0.15, 0.2) is 0 Å². The molecule has 126 valence electrons. The molecule has 23 heavy (non-hydrogen) atoms. The van der Waals surface area contributed by atoms with Crippen molar-refractivity contribution in [3.8, 4) is 0 Å². The summed E-state index contributed by atoms with van der Waals surface area (Å²) >= 11 is 0. The summed E-state index contributed by atoms with van der Waals surface area (Å²) < 4.78 is 43.2. The second-order valence-corrected chi connectivity index (χ2v) is 5.32. The Morgan fingerprint density at radius 3 is 2.43 bits per heavy atom. The summed E-state index contributed by atoms with van der Waals surface area (Å²) in [7, 11) is 0. The molecule has 0 aliphatic carbocycles. The molecule has 0 saturated carbocycles. The van der Waals surface area contributed by atoms with Crippen LogP contribution in [0.2, 0.25) is 0 Å². The largest absolute Gasteiger partial charge is 0.481 e. The van der Waals surface area contributed by atoms with E-state index in [4.69, 9.17) is 9.84 Å². The van der Waals surface area contributed by atoms with Gasteiger partial charge in [0.2, 0.25) is 5.91 Å². The van der Waals surface area contributed by atoms with Crippen LogP contribution in [0.4, 0.5) is 13.2 Å². The number of carboxylic acids is 1. The third-order valence-corrected chi connectivity index (χ3v) is 3.73. The van der Waals surface area contributed by atoms with Gasteiger partial charge < -0.3 is 14.7 Å². The molecule has 1 aliphatic rings. The van der Waals surface area contributed by atoms with Crippen LogP contribution in [0.1, 0.15) is 24.2 Å². The van der Waals surface area contributed by atoms with Crippen molar-refractivity contribution in [2.45, 2.75) is 19.2 Å². The van der Waals surface area contributed by atoms with Gasteiger partial charge in [0.25, 0.3) is 0 Å². The lowest BCUT2D eigenvalue weighted by molar-refractivity contribution is -0.154. The molecule has 2 rings (SSSR count). The Labute approximate surface area is 130 Å². The molecule has 1 aliphatic heterocycles. The van der Waals surface area contributed by atoms with Gasteiger partial charge in [0.05, 0.1) is 18.7 Å². The lowest BCUT2D eigenvalue weighted by atomic mass is 10.0. The molecular formula is C15H16F3NO4. The van der Waals surface area contributed by atoms with E-state index in [-0.39, 0.29) is 19.7 Å². The highest BCUT2D eigenvalue weighted by atomic mass is 19.4. The highest BCUT2D eigenvalue weighted by Gasteiger charge is 2.33. The first-order valence-electron chi connectivity index (χ1n) is 7.00. The Balaban J connectivity index is 2.09. The maximum Gasteiger partial charge on any atom is 0.416 e. The van der Waals surface area contributed by atoms with Crippen LogP contribution in [-0.2, 0) is 20.5 Å². The fourth-order valence-electron chi connectivity index (χ4n) is 2.32. The average molecular weight is 331 g/mol. The Kier molecular flexibility index (Phi) is 4.93. The van der Waals surface area contributed by atoms with Gasteiger partial charge in [0.1, 0.15) is 12.0 Å². The molecule has 2 atom stereocenters. The number of aliphatic carboxylic acids is 1. The van der Waals surface area contributed by atoms with E-state index < -0.39 is 35.6 Å². The van der Waals surface area contributed by atoms with E-state index in [1.54, 1.807) is 0 Å². The maximum absolute atomic E-state index is 12.6. The molecule has 1 heterocycles. The molecule has 0 bridgehead atoms. The number of benzene rings is 1. The molecule has 1 saturated heterocycles. The SMILES string of the molecule is CC(C(=O)O)C(=O)N1CCOC(c2ccc(C(F)(F)F)cc2)C1. The topological polar surface area (TPSA) is 66.8 Å². The van der Waals surface area contributed by atoms with Crippen molar-refractivity contribution in [1.29, 1.82) is 0 Å². The predicted molar refractivity (Wildman–Crippen MR) is 73.5 cm³/mol. The van der Waals surface area contributed by atoms with Crippen molar-refractivity contribution in [2.24, 2.45) is 5.92 Å². The fourth-order valence-corrected chi connectivity index (χ4v) is 2.32. The molecule has 1 fully saturated rings. The zero-order valence-electron chi connectivity index (χ0n) is 12.3. The Morgan fingerprint density at radius 1 is 1.30 bits per heavy atom. The third kappa shape index (κ3) is 4.01. The Morgan fingerprint density at radius 2 is 1.91 bits per heavy atom. The van der Waals surface area contributed by atoms with Gasteiger partial charge >= 0.3 is 12.1 Å². The lowest BCUT2D eigenvalue weighted by Gasteiger charge is -2.34. The number of hydrogen-bond donors (Lipinski definition) is 1. The molecule has 0 radical (unpaired) electrons. The highest BCUT2D eigenvalue weighted by Crippen LogP contribution is 2.31. The molecule has 1 aromatic carbocycles. The van der Waals surface area contributed by atoms with Crippen LogP contribution in [0, 0.1) is 5.92 Å². The Hall–Kier alpha value is -2.09. The van der Waals surface area contributed by atoms with Crippen LogP contribution < -0.4 is 0 Å². The fraction of sp³-hybridized carbons (Fsp3) is 0.467. The van der Waals surface area contributed by atoms with Crippen LogP contribution in [-0.4, -0.2) is 41.6 Å². The van der Waals surface area contributed by atoms with E-state index >= 15 is 0 Å². The van der Waals surface area contributed by atoms with Crippen LogP contribution >= 0.6 is 0 Å². The van der Waals surface area contributed by atoms with Crippen molar-refractivity contribution in [1.82, 2.24) is 4.90 Å². The first-order chi connectivity index (χ1) is 10.7. The number of ether oxygens (including phenoxy) is 1. The van der Waals surface area contributed by atoms with E-state index in [9.17, 15) is 22.8 Å². The standard InChI is InChI=1S/C15H16F3NO4/c1-9(14(21)22)13(20)19-6-7-23-12(8-19)10-2-4-11(5-3-10)15(16,17)18/h2-5,9,12H,6-8H2,1H3,(H,21,22). The molecule has 0 aromatic heterocycles. The van der Waals surface area contributed by atoms with Crippen molar-refractivity contribution in [2.75, 3.05) is 19.7 Å². The summed E-state index contributed by atoms with van der Waals surface area (Å²) in [6.07, 6.45) is -4.99. The summed E-state index contributed by atoms with van der Waals surface area (Å²) in [5, 5.41) is 8.89. The molecular weight excluding hydrogens is 315 g/mol. The van der Waals surface area contributed by atoms with Gasteiger partial charge in [-0.3, -0.25) is 9.59 Å². The van der Waals surface area contributed by atoms with E-state index in [1.807, 2.05) is 0 Å². The number of amides is 1. The van der Waals surface area contributed by atoms with Crippen LogP contribution in [0.25, 0.3) is 0 Å². The smallest absolute Gasteiger partial charge is 0.416 e. The monoisotopic (exact) mass is 331 g/mol. The minimum Gasteiger partial charge on any atom is -0.481 e.